The first-order valence-corrected chi connectivity index (χ1v) is 6.19. The lowest BCUT2D eigenvalue weighted by atomic mass is 9.91. The molecule has 0 amide bonds. The van der Waals surface area contributed by atoms with E-state index in [9.17, 15) is 0 Å². The average molecular weight is 223 g/mol. The van der Waals surface area contributed by atoms with Crippen molar-refractivity contribution >= 4 is 0 Å². The molecule has 1 heterocycles. The molecular weight excluding hydrogens is 206 g/mol. The second kappa shape index (κ2) is 4.34. The van der Waals surface area contributed by atoms with Gasteiger partial charge in [0.2, 0.25) is 0 Å². The maximum absolute atomic E-state index is 2.40. The Morgan fingerprint density at radius 3 is 2.59 bits per heavy atom. The summed E-state index contributed by atoms with van der Waals surface area (Å²) < 4.78 is 0. The molecule has 2 aromatic rings. The highest BCUT2D eigenvalue weighted by atomic mass is 15.1. The molecule has 86 valence electrons. The second-order valence-corrected chi connectivity index (χ2v) is 4.80. The minimum Gasteiger partial charge on any atom is -0.302 e. The van der Waals surface area contributed by atoms with E-state index in [-0.39, 0.29) is 0 Å². The zero-order valence-electron chi connectivity index (χ0n) is 10.2. The quantitative estimate of drug-likeness (QED) is 0.716. The highest BCUT2D eigenvalue weighted by Crippen LogP contribution is 2.29. The third kappa shape index (κ3) is 1.98. The van der Waals surface area contributed by atoms with Crippen LogP contribution >= 0.6 is 0 Å². The highest BCUT2D eigenvalue weighted by Gasteiger charge is 2.16. The Kier molecular flexibility index (Phi) is 2.69. The van der Waals surface area contributed by atoms with Crippen LogP contribution in [0.2, 0.25) is 0 Å². The predicted octanol–water partition coefficient (Wildman–Crippen LogP) is 3.34. The Hall–Kier alpha value is -1.60. The lowest BCUT2D eigenvalue weighted by molar-refractivity contribution is 0.313. The fraction of sp³-hybridized carbons (Fsp3) is 0.250. The standard InChI is InChI=1S/C16H17N/c1-17-11-10-14-8-5-9-15(16(14)12-17)13-6-3-2-4-7-13/h2-9H,10-12H2,1H3. The Morgan fingerprint density at radius 2 is 1.76 bits per heavy atom. The van der Waals surface area contributed by atoms with Crippen LogP contribution in [-0.4, -0.2) is 18.5 Å². The summed E-state index contributed by atoms with van der Waals surface area (Å²) in [4.78, 5) is 2.40. The second-order valence-electron chi connectivity index (χ2n) is 4.80. The van der Waals surface area contributed by atoms with Crippen molar-refractivity contribution in [3.63, 3.8) is 0 Å². The van der Waals surface area contributed by atoms with E-state index in [0.717, 1.165) is 6.54 Å². The first kappa shape index (κ1) is 10.5. The van der Waals surface area contributed by atoms with Gasteiger partial charge in [0.05, 0.1) is 0 Å². The van der Waals surface area contributed by atoms with Gasteiger partial charge in [-0.1, -0.05) is 48.5 Å². The van der Waals surface area contributed by atoms with E-state index < -0.39 is 0 Å². The fourth-order valence-electron chi connectivity index (χ4n) is 2.60. The van der Waals surface area contributed by atoms with Crippen molar-refractivity contribution < 1.29 is 0 Å². The molecule has 17 heavy (non-hydrogen) atoms. The van der Waals surface area contributed by atoms with Crippen LogP contribution in [-0.2, 0) is 13.0 Å². The number of hydrogen-bond donors (Lipinski definition) is 0. The van der Waals surface area contributed by atoms with Crippen molar-refractivity contribution in [2.24, 2.45) is 0 Å². The smallest absolute Gasteiger partial charge is 0.0239 e. The van der Waals surface area contributed by atoms with Crippen molar-refractivity contribution in [2.45, 2.75) is 13.0 Å². The molecule has 0 aromatic heterocycles. The molecule has 0 bridgehead atoms. The van der Waals surface area contributed by atoms with Gasteiger partial charge in [-0.25, -0.2) is 0 Å². The van der Waals surface area contributed by atoms with Gasteiger partial charge in [-0.2, -0.15) is 0 Å². The first-order valence-electron chi connectivity index (χ1n) is 6.19. The maximum atomic E-state index is 2.40. The summed E-state index contributed by atoms with van der Waals surface area (Å²) in [7, 11) is 2.20. The number of hydrogen-bond acceptors (Lipinski definition) is 1. The summed E-state index contributed by atoms with van der Waals surface area (Å²) >= 11 is 0. The Bertz CT molecular complexity index is 516. The van der Waals surface area contributed by atoms with Gasteiger partial charge in [0.1, 0.15) is 0 Å². The van der Waals surface area contributed by atoms with Gasteiger partial charge >= 0.3 is 0 Å². The molecule has 0 radical (unpaired) electrons. The number of fused-ring (bicyclic) bond motifs is 1. The fourth-order valence-corrected chi connectivity index (χ4v) is 2.60. The van der Waals surface area contributed by atoms with Crippen LogP contribution in [0, 0.1) is 0 Å². The summed E-state index contributed by atoms with van der Waals surface area (Å²) in [5.41, 5.74) is 5.76. The van der Waals surface area contributed by atoms with E-state index in [1.54, 1.807) is 0 Å². The minimum absolute atomic E-state index is 1.07. The monoisotopic (exact) mass is 223 g/mol. The molecule has 0 N–H and O–H groups in total. The summed E-state index contributed by atoms with van der Waals surface area (Å²) in [6, 6.07) is 17.4. The van der Waals surface area contributed by atoms with Crippen LogP contribution in [0.25, 0.3) is 11.1 Å². The van der Waals surface area contributed by atoms with Crippen molar-refractivity contribution in [3.8, 4) is 11.1 Å². The molecule has 0 saturated heterocycles. The maximum Gasteiger partial charge on any atom is 0.0239 e. The van der Waals surface area contributed by atoms with Gasteiger partial charge in [0.15, 0.2) is 0 Å². The SMILES string of the molecule is CN1CCc2cccc(-c3ccccc3)c2C1. The van der Waals surface area contributed by atoms with Gasteiger partial charge in [0.25, 0.3) is 0 Å². The molecule has 0 spiro atoms. The molecule has 1 aliphatic rings. The molecule has 0 unspecified atom stereocenters. The van der Waals surface area contributed by atoms with E-state index in [1.807, 2.05) is 0 Å². The van der Waals surface area contributed by atoms with E-state index in [2.05, 4.69) is 60.5 Å². The summed E-state index contributed by atoms with van der Waals surface area (Å²) in [6.45, 7) is 2.24. The zero-order chi connectivity index (χ0) is 11.7. The van der Waals surface area contributed by atoms with Gasteiger partial charge in [-0.3, -0.25) is 0 Å². The van der Waals surface area contributed by atoms with Crippen LogP contribution in [0.1, 0.15) is 11.1 Å². The van der Waals surface area contributed by atoms with Crippen LogP contribution in [0.15, 0.2) is 48.5 Å². The lowest BCUT2D eigenvalue weighted by Gasteiger charge is -2.27. The molecule has 0 fully saturated rings. The van der Waals surface area contributed by atoms with E-state index in [0.29, 0.717) is 0 Å². The summed E-state index contributed by atoms with van der Waals surface area (Å²) in [5, 5.41) is 0. The third-order valence-electron chi connectivity index (χ3n) is 3.55. The van der Waals surface area contributed by atoms with Gasteiger partial charge < -0.3 is 4.90 Å². The van der Waals surface area contributed by atoms with E-state index in [1.165, 1.54) is 35.2 Å². The predicted molar refractivity (Wildman–Crippen MR) is 71.9 cm³/mol. The zero-order valence-corrected chi connectivity index (χ0v) is 10.2. The number of likely N-dealkylation sites (N-methyl/N-ethyl adjacent to an activating group) is 1. The topological polar surface area (TPSA) is 3.24 Å². The highest BCUT2D eigenvalue weighted by molar-refractivity contribution is 5.69. The van der Waals surface area contributed by atoms with Crippen LogP contribution < -0.4 is 0 Å². The Balaban J connectivity index is 2.12. The third-order valence-corrected chi connectivity index (χ3v) is 3.55. The molecule has 0 saturated carbocycles. The molecule has 1 aliphatic heterocycles. The average Bonchev–Trinajstić information content (AvgIpc) is 2.39. The van der Waals surface area contributed by atoms with E-state index >= 15 is 0 Å². The molecule has 2 aromatic carbocycles. The van der Waals surface area contributed by atoms with Crippen LogP contribution in [0.5, 0.6) is 0 Å². The molecule has 3 rings (SSSR count). The molecule has 0 atom stereocenters. The van der Waals surface area contributed by atoms with Gasteiger partial charge in [0, 0.05) is 13.1 Å². The van der Waals surface area contributed by atoms with Crippen molar-refractivity contribution in [2.75, 3.05) is 13.6 Å². The van der Waals surface area contributed by atoms with Gasteiger partial charge in [-0.05, 0) is 35.7 Å². The summed E-state index contributed by atoms with van der Waals surface area (Å²) in [6.07, 6.45) is 1.17. The van der Waals surface area contributed by atoms with Crippen LogP contribution in [0.4, 0.5) is 0 Å². The molecule has 1 heteroatoms. The number of rotatable bonds is 1. The normalized spacial score (nSPS) is 15.6. The largest absolute Gasteiger partial charge is 0.302 e. The van der Waals surface area contributed by atoms with Gasteiger partial charge in [-0.15, -0.1) is 0 Å². The number of benzene rings is 2. The van der Waals surface area contributed by atoms with Crippen molar-refractivity contribution in [1.29, 1.82) is 0 Å². The van der Waals surface area contributed by atoms with Crippen molar-refractivity contribution in [3.05, 3.63) is 59.7 Å². The number of nitrogens with zero attached hydrogens (tertiary/aromatic N) is 1. The Morgan fingerprint density at radius 1 is 0.941 bits per heavy atom. The lowest BCUT2D eigenvalue weighted by Crippen LogP contribution is -2.26. The van der Waals surface area contributed by atoms with Crippen LogP contribution in [0.3, 0.4) is 0 Å². The molecular formula is C16H17N. The first-order chi connectivity index (χ1) is 8.34. The molecule has 0 aliphatic carbocycles. The Labute approximate surface area is 103 Å². The van der Waals surface area contributed by atoms with Crippen molar-refractivity contribution in [1.82, 2.24) is 4.90 Å². The van der Waals surface area contributed by atoms with E-state index in [4.69, 9.17) is 0 Å². The summed E-state index contributed by atoms with van der Waals surface area (Å²) in [5.74, 6) is 0. The minimum atomic E-state index is 1.07. The molecule has 1 nitrogen and oxygen atoms in total.